The van der Waals surface area contributed by atoms with Crippen molar-refractivity contribution in [3.63, 3.8) is 0 Å². The monoisotopic (exact) mass is 256 g/mol. The number of hydrogen-bond acceptors (Lipinski definition) is 5. The fourth-order valence-corrected chi connectivity index (χ4v) is 2.23. The minimum Gasteiger partial charge on any atom is -0.385 e. The molecule has 17 heavy (non-hydrogen) atoms. The van der Waals surface area contributed by atoms with E-state index in [0.29, 0.717) is 6.61 Å². The summed E-state index contributed by atoms with van der Waals surface area (Å²) in [5.41, 5.74) is 1.04. The van der Waals surface area contributed by atoms with Gasteiger partial charge in [0.25, 0.3) is 0 Å². The summed E-state index contributed by atoms with van der Waals surface area (Å²) in [6, 6.07) is 0.743. The molecule has 4 nitrogen and oxygen atoms in total. The van der Waals surface area contributed by atoms with Crippen molar-refractivity contribution in [2.75, 3.05) is 20.3 Å². The highest BCUT2D eigenvalue weighted by Gasteiger charge is 2.20. The molecule has 0 saturated heterocycles. The van der Waals surface area contributed by atoms with E-state index in [2.05, 4.69) is 15.7 Å². The summed E-state index contributed by atoms with van der Waals surface area (Å²) < 4.78 is 10.5. The van der Waals surface area contributed by atoms with Gasteiger partial charge in [0.05, 0.1) is 12.3 Å². The Morgan fingerprint density at radius 2 is 2.35 bits per heavy atom. The molecule has 96 valence electrons. The molecule has 1 fully saturated rings. The minimum atomic E-state index is 0.615. The number of rotatable bonds is 9. The van der Waals surface area contributed by atoms with Crippen molar-refractivity contribution in [1.82, 2.24) is 10.3 Å². The van der Waals surface area contributed by atoms with Crippen LogP contribution in [0.15, 0.2) is 5.38 Å². The van der Waals surface area contributed by atoms with Gasteiger partial charge in [-0.1, -0.05) is 0 Å². The van der Waals surface area contributed by atoms with E-state index in [1.54, 1.807) is 18.4 Å². The lowest BCUT2D eigenvalue weighted by molar-refractivity contribution is 0.0912. The normalized spacial score (nSPS) is 15.4. The molecule has 0 atom stereocenters. The van der Waals surface area contributed by atoms with Crippen molar-refractivity contribution >= 4 is 11.3 Å². The van der Waals surface area contributed by atoms with Gasteiger partial charge >= 0.3 is 0 Å². The van der Waals surface area contributed by atoms with Gasteiger partial charge in [-0.3, -0.25) is 0 Å². The highest BCUT2D eigenvalue weighted by Crippen LogP contribution is 2.20. The van der Waals surface area contributed by atoms with Crippen molar-refractivity contribution in [2.45, 2.75) is 38.5 Å². The predicted molar refractivity (Wildman–Crippen MR) is 68.1 cm³/mol. The maximum absolute atomic E-state index is 5.52. The van der Waals surface area contributed by atoms with Crippen LogP contribution in [0.1, 0.15) is 30.0 Å². The summed E-state index contributed by atoms with van der Waals surface area (Å²) in [7, 11) is 1.71. The number of ether oxygens (including phenoxy) is 2. The van der Waals surface area contributed by atoms with E-state index in [1.165, 1.54) is 12.8 Å². The number of hydrogen-bond donors (Lipinski definition) is 1. The lowest BCUT2D eigenvalue weighted by atomic mass is 10.5. The summed E-state index contributed by atoms with van der Waals surface area (Å²) in [4.78, 5) is 4.53. The summed E-state index contributed by atoms with van der Waals surface area (Å²) in [5.74, 6) is 0. The van der Waals surface area contributed by atoms with Crippen LogP contribution in [0.3, 0.4) is 0 Å². The van der Waals surface area contributed by atoms with Gasteiger partial charge in [0, 0.05) is 38.3 Å². The second kappa shape index (κ2) is 7.06. The molecule has 2 rings (SSSR count). The molecule has 1 saturated carbocycles. The molecule has 1 aromatic heterocycles. The summed E-state index contributed by atoms with van der Waals surface area (Å²) >= 11 is 1.71. The SMILES string of the molecule is COCCCOCc1csc(CNC2CC2)n1. The molecule has 0 amide bonds. The largest absolute Gasteiger partial charge is 0.385 e. The van der Waals surface area contributed by atoms with E-state index in [4.69, 9.17) is 9.47 Å². The molecule has 1 aliphatic rings. The fourth-order valence-electron chi connectivity index (χ4n) is 1.50. The number of aromatic nitrogens is 1. The molecule has 0 aliphatic heterocycles. The second-order valence-corrected chi connectivity index (χ2v) is 5.23. The molecule has 0 unspecified atom stereocenters. The van der Waals surface area contributed by atoms with Crippen molar-refractivity contribution in [2.24, 2.45) is 0 Å². The molecule has 0 aromatic carbocycles. The van der Waals surface area contributed by atoms with Crippen LogP contribution >= 0.6 is 11.3 Å². The Labute approximate surface area is 106 Å². The Kier molecular flexibility index (Phi) is 5.38. The number of nitrogens with one attached hydrogen (secondary N) is 1. The van der Waals surface area contributed by atoms with E-state index in [9.17, 15) is 0 Å². The van der Waals surface area contributed by atoms with Crippen molar-refractivity contribution in [1.29, 1.82) is 0 Å². The lowest BCUT2D eigenvalue weighted by Gasteiger charge is -2.01. The highest BCUT2D eigenvalue weighted by atomic mass is 32.1. The number of methoxy groups -OCH3 is 1. The van der Waals surface area contributed by atoms with Gasteiger partial charge < -0.3 is 14.8 Å². The maximum Gasteiger partial charge on any atom is 0.107 e. The zero-order valence-electron chi connectivity index (χ0n) is 10.3. The Morgan fingerprint density at radius 1 is 1.47 bits per heavy atom. The first-order valence-electron chi connectivity index (χ1n) is 6.12. The average molecular weight is 256 g/mol. The van der Waals surface area contributed by atoms with Crippen LogP contribution < -0.4 is 5.32 Å². The molecular weight excluding hydrogens is 236 g/mol. The Bertz CT molecular complexity index is 326. The maximum atomic E-state index is 5.52. The smallest absolute Gasteiger partial charge is 0.107 e. The molecule has 5 heteroatoms. The lowest BCUT2D eigenvalue weighted by Crippen LogP contribution is -2.15. The van der Waals surface area contributed by atoms with Crippen LogP contribution in [-0.4, -0.2) is 31.3 Å². The molecule has 0 bridgehead atoms. The standard InChI is InChI=1S/C12H20N2O2S/c1-15-5-2-6-16-8-11-9-17-12(14-11)7-13-10-3-4-10/h9-10,13H,2-8H2,1H3. The molecular formula is C12H20N2O2S. The predicted octanol–water partition coefficient (Wildman–Crippen LogP) is 1.95. The first-order valence-corrected chi connectivity index (χ1v) is 7.00. The number of thiazole rings is 1. The Balaban J connectivity index is 1.59. The topological polar surface area (TPSA) is 43.4 Å². The van der Waals surface area contributed by atoms with E-state index >= 15 is 0 Å². The molecule has 1 N–H and O–H groups in total. The minimum absolute atomic E-state index is 0.615. The highest BCUT2D eigenvalue weighted by molar-refractivity contribution is 7.09. The molecule has 0 radical (unpaired) electrons. The van der Waals surface area contributed by atoms with Crippen LogP contribution in [0, 0.1) is 0 Å². The van der Waals surface area contributed by atoms with Gasteiger partial charge in [-0.15, -0.1) is 11.3 Å². The van der Waals surface area contributed by atoms with Crippen molar-refractivity contribution in [3.8, 4) is 0 Å². The van der Waals surface area contributed by atoms with E-state index in [0.717, 1.165) is 42.9 Å². The fraction of sp³-hybridized carbons (Fsp3) is 0.750. The zero-order chi connectivity index (χ0) is 11.9. The van der Waals surface area contributed by atoms with E-state index in [-0.39, 0.29) is 0 Å². The summed E-state index contributed by atoms with van der Waals surface area (Å²) in [6.45, 7) is 3.01. The van der Waals surface area contributed by atoms with Crippen LogP contribution in [0.2, 0.25) is 0 Å². The first kappa shape index (κ1) is 13.0. The molecule has 1 heterocycles. The van der Waals surface area contributed by atoms with Gasteiger partial charge in [-0.25, -0.2) is 4.98 Å². The molecule has 0 spiro atoms. The third kappa shape index (κ3) is 5.12. The zero-order valence-corrected chi connectivity index (χ0v) is 11.1. The number of nitrogens with zero attached hydrogens (tertiary/aromatic N) is 1. The van der Waals surface area contributed by atoms with Gasteiger partial charge in [-0.2, -0.15) is 0 Å². The van der Waals surface area contributed by atoms with Gasteiger partial charge in [0.15, 0.2) is 0 Å². The summed E-state index contributed by atoms with van der Waals surface area (Å²) in [6.07, 6.45) is 3.58. The molecule has 1 aromatic rings. The quantitative estimate of drug-likeness (QED) is 0.686. The summed E-state index contributed by atoms with van der Waals surface area (Å²) in [5, 5.41) is 6.70. The van der Waals surface area contributed by atoms with Crippen LogP contribution in [0.4, 0.5) is 0 Å². The second-order valence-electron chi connectivity index (χ2n) is 4.29. The van der Waals surface area contributed by atoms with Gasteiger partial charge in [0.1, 0.15) is 5.01 Å². The van der Waals surface area contributed by atoms with Crippen LogP contribution in [0.5, 0.6) is 0 Å². The molecule has 1 aliphatic carbocycles. The average Bonchev–Trinajstić information content (AvgIpc) is 3.06. The van der Waals surface area contributed by atoms with Gasteiger partial charge in [0.2, 0.25) is 0 Å². The van der Waals surface area contributed by atoms with Gasteiger partial charge in [-0.05, 0) is 19.3 Å². The van der Waals surface area contributed by atoms with Crippen molar-refractivity contribution < 1.29 is 9.47 Å². The first-order chi connectivity index (χ1) is 8.38. The van der Waals surface area contributed by atoms with E-state index < -0.39 is 0 Å². The third-order valence-electron chi connectivity index (χ3n) is 2.61. The Morgan fingerprint density at radius 3 is 3.12 bits per heavy atom. The van der Waals surface area contributed by atoms with Crippen LogP contribution in [0.25, 0.3) is 0 Å². The van der Waals surface area contributed by atoms with E-state index in [1.807, 2.05) is 0 Å². The van der Waals surface area contributed by atoms with Crippen LogP contribution in [-0.2, 0) is 22.6 Å². The Hall–Kier alpha value is -0.490. The van der Waals surface area contributed by atoms with Crippen molar-refractivity contribution in [3.05, 3.63) is 16.1 Å². The third-order valence-corrected chi connectivity index (χ3v) is 3.50.